The zero-order valence-electron chi connectivity index (χ0n) is 13.7. The topological polar surface area (TPSA) is 58.6 Å². The lowest BCUT2D eigenvalue weighted by Crippen LogP contribution is -2.41. The first kappa shape index (κ1) is 16.5. The van der Waals surface area contributed by atoms with E-state index in [1.807, 2.05) is 11.8 Å². The van der Waals surface area contributed by atoms with Gasteiger partial charge in [0.05, 0.1) is 18.8 Å². The summed E-state index contributed by atoms with van der Waals surface area (Å²) >= 11 is 1.60. The summed E-state index contributed by atoms with van der Waals surface area (Å²) in [5, 5.41) is 3.71. The molecule has 1 aromatic heterocycles. The van der Waals surface area contributed by atoms with Gasteiger partial charge in [-0.2, -0.15) is 0 Å². The van der Waals surface area contributed by atoms with Crippen LogP contribution in [0.2, 0.25) is 0 Å². The molecule has 2 heterocycles. The molecule has 0 bridgehead atoms. The molecule has 0 radical (unpaired) electrons. The maximum Gasteiger partial charge on any atom is 0.257 e. The Labute approximate surface area is 141 Å². The second-order valence-electron chi connectivity index (χ2n) is 6.07. The van der Waals surface area contributed by atoms with Crippen LogP contribution in [0.5, 0.6) is 0 Å². The minimum atomic E-state index is -0.0302. The van der Waals surface area contributed by atoms with E-state index in [2.05, 4.69) is 5.32 Å². The van der Waals surface area contributed by atoms with Gasteiger partial charge < -0.3 is 15.0 Å². The van der Waals surface area contributed by atoms with E-state index in [4.69, 9.17) is 4.74 Å². The SMILES string of the molecule is CCC(=O)Nc1sc2c(c1C(=O)N1CCOCC1)CCCCC2. The molecular weight excluding hydrogens is 312 g/mol. The van der Waals surface area contributed by atoms with Crippen LogP contribution in [0.3, 0.4) is 0 Å². The molecule has 0 spiro atoms. The first-order valence-corrected chi connectivity index (χ1v) is 9.33. The highest BCUT2D eigenvalue weighted by Gasteiger charge is 2.29. The first-order valence-electron chi connectivity index (χ1n) is 8.52. The van der Waals surface area contributed by atoms with Gasteiger partial charge in [0.1, 0.15) is 5.00 Å². The van der Waals surface area contributed by atoms with Gasteiger partial charge in [-0.25, -0.2) is 0 Å². The molecule has 23 heavy (non-hydrogen) atoms. The number of carbonyl (C=O) groups excluding carboxylic acids is 2. The number of carbonyl (C=O) groups is 2. The van der Waals surface area contributed by atoms with E-state index in [-0.39, 0.29) is 11.8 Å². The Balaban J connectivity index is 1.95. The van der Waals surface area contributed by atoms with E-state index in [1.165, 1.54) is 23.3 Å². The number of thiophene rings is 1. The van der Waals surface area contributed by atoms with Gasteiger partial charge in [-0.3, -0.25) is 9.59 Å². The van der Waals surface area contributed by atoms with E-state index >= 15 is 0 Å². The van der Waals surface area contributed by atoms with Gasteiger partial charge in [0.15, 0.2) is 0 Å². The molecule has 0 atom stereocenters. The summed E-state index contributed by atoms with van der Waals surface area (Å²) in [5.41, 5.74) is 1.92. The number of aryl methyl sites for hydroxylation is 1. The highest BCUT2D eigenvalue weighted by Crippen LogP contribution is 2.38. The molecular formula is C17H24N2O3S. The molecule has 0 saturated carbocycles. The zero-order valence-corrected chi connectivity index (χ0v) is 14.5. The average Bonchev–Trinajstić information content (AvgIpc) is 2.76. The molecule has 3 rings (SSSR count). The quantitative estimate of drug-likeness (QED) is 0.864. The molecule has 5 nitrogen and oxygen atoms in total. The number of fused-ring (bicyclic) bond motifs is 1. The molecule has 1 saturated heterocycles. The van der Waals surface area contributed by atoms with Crippen molar-refractivity contribution in [3.05, 3.63) is 16.0 Å². The fraction of sp³-hybridized carbons (Fsp3) is 0.647. The van der Waals surface area contributed by atoms with Gasteiger partial charge in [0.2, 0.25) is 5.91 Å². The monoisotopic (exact) mass is 336 g/mol. The average molecular weight is 336 g/mol. The number of hydrogen-bond acceptors (Lipinski definition) is 4. The molecule has 126 valence electrons. The smallest absolute Gasteiger partial charge is 0.257 e. The summed E-state index contributed by atoms with van der Waals surface area (Å²) < 4.78 is 5.35. The van der Waals surface area contributed by atoms with Crippen molar-refractivity contribution < 1.29 is 14.3 Å². The van der Waals surface area contributed by atoms with Gasteiger partial charge in [0, 0.05) is 24.4 Å². The third-order valence-electron chi connectivity index (χ3n) is 4.51. The van der Waals surface area contributed by atoms with E-state index in [9.17, 15) is 9.59 Å². The first-order chi connectivity index (χ1) is 11.2. The Bertz CT molecular complexity index is 591. The fourth-order valence-corrected chi connectivity index (χ4v) is 4.49. The number of anilines is 1. The molecule has 6 heteroatoms. The van der Waals surface area contributed by atoms with Gasteiger partial charge in [0.25, 0.3) is 5.91 Å². The van der Waals surface area contributed by atoms with Gasteiger partial charge in [-0.05, 0) is 31.2 Å². The Kier molecular flexibility index (Phi) is 5.33. The Morgan fingerprint density at radius 2 is 1.91 bits per heavy atom. The van der Waals surface area contributed by atoms with Crippen molar-refractivity contribution in [3.8, 4) is 0 Å². The second-order valence-corrected chi connectivity index (χ2v) is 7.18. The fourth-order valence-electron chi connectivity index (χ4n) is 3.20. The van der Waals surface area contributed by atoms with Crippen LogP contribution < -0.4 is 5.32 Å². The van der Waals surface area contributed by atoms with Crippen LogP contribution in [0.4, 0.5) is 5.00 Å². The Morgan fingerprint density at radius 3 is 2.65 bits per heavy atom. The maximum absolute atomic E-state index is 13.1. The lowest BCUT2D eigenvalue weighted by molar-refractivity contribution is -0.115. The van der Waals surface area contributed by atoms with Gasteiger partial charge >= 0.3 is 0 Å². The molecule has 1 aliphatic heterocycles. The Morgan fingerprint density at radius 1 is 1.17 bits per heavy atom. The highest BCUT2D eigenvalue weighted by atomic mass is 32.1. The number of ether oxygens (including phenoxy) is 1. The number of amides is 2. The number of hydrogen-bond donors (Lipinski definition) is 1. The van der Waals surface area contributed by atoms with Crippen LogP contribution in [0.15, 0.2) is 0 Å². The third kappa shape index (κ3) is 3.58. The minimum Gasteiger partial charge on any atom is -0.378 e. The summed E-state index contributed by atoms with van der Waals surface area (Å²) in [6.07, 6.45) is 5.88. The lowest BCUT2D eigenvalue weighted by atomic mass is 10.0. The number of morpholine rings is 1. The van der Waals surface area contributed by atoms with Crippen molar-refractivity contribution in [2.24, 2.45) is 0 Å². The zero-order chi connectivity index (χ0) is 16.2. The van der Waals surface area contributed by atoms with Crippen LogP contribution in [0.25, 0.3) is 0 Å². The van der Waals surface area contributed by atoms with Crippen molar-refractivity contribution in [2.75, 3.05) is 31.6 Å². The van der Waals surface area contributed by atoms with E-state index < -0.39 is 0 Å². The molecule has 1 aliphatic carbocycles. The molecule has 2 amide bonds. The van der Waals surface area contributed by atoms with Gasteiger partial charge in [-0.15, -0.1) is 11.3 Å². The molecule has 0 unspecified atom stereocenters. The standard InChI is InChI=1S/C17H24N2O3S/c1-2-14(20)18-16-15(17(21)19-8-10-22-11-9-19)12-6-4-3-5-7-13(12)23-16/h2-11H2,1H3,(H,18,20). The van der Waals surface area contributed by atoms with Crippen molar-refractivity contribution >= 4 is 28.2 Å². The summed E-state index contributed by atoms with van der Waals surface area (Å²) in [5.74, 6) is 0.0246. The number of rotatable bonds is 3. The van der Waals surface area contributed by atoms with Gasteiger partial charge in [-0.1, -0.05) is 13.3 Å². The Hall–Kier alpha value is -1.40. The van der Waals surface area contributed by atoms with Crippen LogP contribution >= 0.6 is 11.3 Å². The van der Waals surface area contributed by atoms with Crippen molar-refractivity contribution in [1.29, 1.82) is 0 Å². The van der Waals surface area contributed by atoms with Crippen LogP contribution in [0.1, 0.15) is 53.4 Å². The molecule has 1 aromatic rings. The predicted octanol–water partition coefficient (Wildman–Crippen LogP) is 2.84. The number of nitrogens with one attached hydrogen (secondary N) is 1. The molecule has 2 aliphatic rings. The van der Waals surface area contributed by atoms with E-state index in [0.717, 1.165) is 29.8 Å². The molecule has 1 N–H and O–H groups in total. The van der Waals surface area contributed by atoms with Crippen molar-refractivity contribution in [3.63, 3.8) is 0 Å². The molecule has 0 aromatic carbocycles. The van der Waals surface area contributed by atoms with Crippen molar-refractivity contribution in [1.82, 2.24) is 4.90 Å². The van der Waals surface area contributed by atoms with E-state index in [1.54, 1.807) is 11.3 Å². The third-order valence-corrected chi connectivity index (χ3v) is 5.71. The van der Waals surface area contributed by atoms with Crippen LogP contribution in [-0.2, 0) is 22.4 Å². The summed E-state index contributed by atoms with van der Waals surface area (Å²) in [6, 6.07) is 0. The number of nitrogens with zero attached hydrogens (tertiary/aromatic N) is 1. The largest absolute Gasteiger partial charge is 0.378 e. The normalized spacial score (nSPS) is 18.2. The highest BCUT2D eigenvalue weighted by molar-refractivity contribution is 7.17. The van der Waals surface area contributed by atoms with Crippen molar-refractivity contribution in [2.45, 2.75) is 45.4 Å². The lowest BCUT2D eigenvalue weighted by Gasteiger charge is -2.27. The van der Waals surface area contributed by atoms with Crippen LogP contribution in [-0.4, -0.2) is 43.0 Å². The summed E-state index contributed by atoms with van der Waals surface area (Å²) in [4.78, 5) is 28.1. The van der Waals surface area contributed by atoms with Crippen LogP contribution in [0, 0.1) is 0 Å². The second kappa shape index (κ2) is 7.45. The minimum absolute atomic E-state index is 0.0302. The summed E-state index contributed by atoms with van der Waals surface area (Å²) in [7, 11) is 0. The predicted molar refractivity (Wildman–Crippen MR) is 91.2 cm³/mol. The summed E-state index contributed by atoms with van der Waals surface area (Å²) in [6.45, 7) is 4.27. The maximum atomic E-state index is 13.1. The molecule has 1 fully saturated rings. The van der Waals surface area contributed by atoms with E-state index in [0.29, 0.717) is 32.7 Å².